The summed E-state index contributed by atoms with van der Waals surface area (Å²) in [5, 5.41) is 2.86. The highest BCUT2D eigenvalue weighted by Gasteiger charge is 2.10. The van der Waals surface area contributed by atoms with E-state index < -0.39 is 0 Å². The van der Waals surface area contributed by atoms with Crippen LogP contribution in [0.25, 0.3) is 0 Å². The molecule has 1 heterocycles. The molecule has 0 spiro atoms. The lowest BCUT2D eigenvalue weighted by Gasteiger charge is -2.08. The molecule has 5 heteroatoms. The van der Waals surface area contributed by atoms with Gasteiger partial charge in [0.05, 0.1) is 9.21 Å². The molecule has 15 heavy (non-hydrogen) atoms. The van der Waals surface area contributed by atoms with Gasteiger partial charge >= 0.3 is 0 Å². The molecule has 1 unspecified atom stereocenters. The Hall–Kier alpha value is -0.0600. The second-order valence-corrected chi connectivity index (χ2v) is 6.21. The molecule has 1 aromatic rings. The Balaban J connectivity index is 2.36. The van der Waals surface area contributed by atoms with Crippen molar-refractivity contribution in [2.75, 3.05) is 6.54 Å². The summed E-state index contributed by atoms with van der Waals surface area (Å²) >= 11 is 10.6. The summed E-state index contributed by atoms with van der Waals surface area (Å²) in [6.45, 7) is 2.78. The second kappa shape index (κ2) is 6.51. The van der Waals surface area contributed by atoms with Crippen LogP contribution in [0, 0.1) is 0 Å². The summed E-state index contributed by atoms with van der Waals surface area (Å²) in [6.07, 6.45) is 2.17. The second-order valence-electron chi connectivity index (χ2n) is 3.20. The number of halogens is 2. The van der Waals surface area contributed by atoms with E-state index in [-0.39, 0.29) is 5.91 Å². The normalized spacial score (nSPS) is 12.5. The van der Waals surface area contributed by atoms with Crippen molar-refractivity contribution < 1.29 is 4.79 Å². The topological polar surface area (TPSA) is 29.1 Å². The Morgan fingerprint density at radius 1 is 1.67 bits per heavy atom. The van der Waals surface area contributed by atoms with Crippen LogP contribution in [0.4, 0.5) is 0 Å². The third kappa shape index (κ3) is 4.53. The maximum absolute atomic E-state index is 11.6. The molecular formula is C10H13BrClNOS. The van der Waals surface area contributed by atoms with Gasteiger partial charge < -0.3 is 5.32 Å². The zero-order valence-electron chi connectivity index (χ0n) is 8.43. The Bertz CT molecular complexity index is 329. The fraction of sp³-hybridized carbons (Fsp3) is 0.500. The molecule has 0 fully saturated rings. The van der Waals surface area contributed by atoms with E-state index in [1.54, 1.807) is 12.1 Å². The van der Waals surface area contributed by atoms with Gasteiger partial charge in [0, 0.05) is 11.4 Å². The van der Waals surface area contributed by atoms with E-state index in [1.165, 1.54) is 11.3 Å². The van der Waals surface area contributed by atoms with E-state index in [0.717, 1.165) is 12.8 Å². The monoisotopic (exact) mass is 309 g/mol. The summed E-state index contributed by atoms with van der Waals surface area (Å²) in [4.78, 5) is 12.6. The van der Waals surface area contributed by atoms with Crippen molar-refractivity contribution in [2.24, 2.45) is 0 Å². The fourth-order valence-corrected chi connectivity index (χ4v) is 2.72. The minimum absolute atomic E-state index is 0.0487. The summed E-state index contributed by atoms with van der Waals surface area (Å²) in [7, 11) is 0. The van der Waals surface area contributed by atoms with Gasteiger partial charge in [-0.25, -0.2) is 0 Å². The molecule has 0 saturated heterocycles. The Labute approximate surface area is 107 Å². The lowest BCUT2D eigenvalue weighted by atomic mass is 10.2. The molecule has 0 aliphatic heterocycles. The molecule has 1 atom stereocenters. The van der Waals surface area contributed by atoms with Gasteiger partial charge in [-0.2, -0.15) is 0 Å². The summed E-state index contributed by atoms with van der Waals surface area (Å²) in [5.74, 6) is -0.0487. The molecule has 0 radical (unpaired) electrons. The largest absolute Gasteiger partial charge is 0.350 e. The van der Waals surface area contributed by atoms with Crippen LogP contribution in [0.1, 0.15) is 29.4 Å². The number of hydrogen-bond acceptors (Lipinski definition) is 2. The molecule has 0 aliphatic carbocycles. The van der Waals surface area contributed by atoms with E-state index in [0.29, 0.717) is 20.6 Å². The number of carbonyl (C=O) groups excluding carboxylic acids is 1. The van der Waals surface area contributed by atoms with Crippen molar-refractivity contribution in [3.63, 3.8) is 0 Å². The maximum Gasteiger partial charge on any atom is 0.261 e. The number of alkyl halides is 1. The van der Waals surface area contributed by atoms with Crippen molar-refractivity contribution in [1.82, 2.24) is 5.32 Å². The molecule has 0 bridgehead atoms. The minimum Gasteiger partial charge on any atom is -0.350 e. The molecule has 0 saturated carbocycles. The van der Waals surface area contributed by atoms with E-state index in [2.05, 4.69) is 28.2 Å². The third-order valence-electron chi connectivity index (χ3n) is 1.88. The van der Waals surface area contributed by atoms with Crippen molar-refractivity contribution in [3.8, 4) is 0 Å². The van der Waals surface area contributed by atoms with E-state index in [4.69, 9.17) is 11.6 Å². The van der Waals surface area contributed by atoms with Crippen LogP contribution in [-0.4, -0.2) is 17.3 Å². The molecule has 0 aliphatic rings. The number of rotatable bonds is 5. The summed E-state index contributed by atoms with van der Waals surface area (Å²) in [5.41, 5.74) is 0. The van der Waals surface area contributed by atoms with Gasteiger partial charge in [0.1, 0.15) is 0 Å². The number of nitrogens with one attached hydrogen (secondary N) is 1. The minimum atomic E-state index is -0.0487. The van der Waals surface area contributed by atoms with Gasteiger partial charge in [-0.1, -0.05) is 40.9 Å². The highest BCUT2D eigenvalue weighted by atomic mass is 79.9. The standard InChI is InChI=1S/C10H13BrClNOS/c1-2-3-7(11)6-13-10(14)8-4-5-9(12)15-8/h4-5,7H,2-3,6H2,1H3,(H,13,14). The van der Waals surface area contributed by atoms with Crippen molar-refractivity contribution >= 4 is 44.8 Å². The first kappa shape index (κ1) is 13.0. The molecule has 2 nitrogen and oxygen atoms in total. The van der Waals surface area contributed by atoms with E-state index >= 15 is 0 Å². The molecular weight excluding hydrogens is 298 g/mol. The van der Waals surface area contributed by atoms with Gasteiger partial charge in [0.2, 0.25) is 0 Å². The van der Waals surface area contributed by atoms with Crippen LogP contribution in [-0.2, 0) is 0 Å². The zero-order valence-corrected chi connectivity index (χ0v) is 11.6. The lowest BCUT2D eigenvalue weighted by molar-refractivity contribution is 0.0957. The highest BCUT2D eigenvalue weighted by Crippen LogP contribution is 2.21. The van der Waals surface area contributed by atoms with Crippen LogP contribution in [0.3, 0.4) is 0 Å². The zero-order chi connectivity index (χ0) is 11.3. The Kier molecular flexibility index (Phi) is 5.64. The molecule has 1 amide bonds. The van der Waals surface area contributed by atoms with Gasteiger partial charge in [-0.05, 0) is 18.6 Å². The number of hydrogen-bond donors (Lipinski definition) is 1. The van der Waals surface area contributed by atoms with Crippen LogP contribution < -0.4 is 5.32 Å². The number of carbonyl (C=O) groups is 1. The molecule has 1 N–H and O–H groups in total. The first-order valence-corrected chi connectivity index (χ1v) is 6.92. The predicted molar refractivity (Wildman–Crippen MR) is 69.3 cm³/mol. The molecule has 84 valence electrons. The SMILES string of the molecule is CCCC(Br)CNC(=O)c1ccc(Cl)s1. The first-order valence-electron chi connectivity index (χ1n) is 4.81. The van der Waals surface area contributed by atoms with Crippen LogP contribution in [0.15, 0.2) is 12.1 Å². The van der Waals surface area contributed by atoms with Gasteiger partial charge in [-0.15, -0.1) is 11.3 Å². The summed E-state index contributed by atoms with van der Waals surface area (Å²) in [6, 6.07) is 3.48. The number of amides is 1. The lowest BCUT2D eigenvalue weighted by Crippen LogP contribution is -2.28. The van der Waals surface area contributed by atoms with Crippen LogP contribution in [0.5, 0.6) is 0 Å². The van der Waals surface area contributed by atoms with Crippen molar-refractivity contribution in [3.05, 3.63) is 21.3 Å². The van der Waals surface area contributed by atoms with Gasteiger partial charge in [0.15, 0.2) is 0 Å². The van der Waals surface area contributed by atoms with Crippen molar-refractivity contribution in [2.45, 2.75) is 24.6 Å². The van der Waals surface area contributed by atoms with Crippen LogP contribution >= 0.6 is 38.9 Å². The smallest absolute Gasteiger partial charge is 0.261 e. The average molecular weight is 311 g/mol. The number of thiophene rings is 1. The average Bonchev–Trinajstić information content (AvgIpc) is 2.62. The Morgan fingerprint density at radius 3 is 2.93 bits per heavy atom. The fourth-order valence-electron chi connectivity index (χ4n) is 1.14. The van der Waals surface area contributed by atoms with Gasteiger partial charge in [0.25, 0.3) is 5.91 Å². The molecule has 0 aromatic carbocycles. The van der Waals surface area contributed by atoms with E-state index in [1.807, 2.05) is 0 Å². The molecule has 1 aromatic heterocycles. The first-order chi connectivity index (χ1) is 7.13. The highest BCUT2D eigenvalue weighted by molar-refractivity contribution is 9.09. The molecule has 1 rings (SSSR count). The van der Waals surface area contributed by atoms with Crippen LogP contribution in [0.2, 0.25) is 4.34 Å². The quantitative estimate of drug-likeness (QED) is 0.826. The Morgan fingerprint density at radius 2 is 2.40 bits per heavy atom. The van der Waals surface area contributed by atoms with Gasteiger partial charge in [-0.3, -0.25) is 4.79 Å². The van der Waals surface area contributed by atoms with E-state index in [9.17, 15) is 4.79 Å². The predicted octanol–water partition coefficient (Wildman–Crippen LogP) is 3.69. The third-order valence-corrected chi connectivity index (χ3v) is 3.89. The summed E-state index contributed by atoms with van der Waals surface area (Å²) < 4.78 is 0.643. The maximum atomic E-state index is 11.6. The van der Waals surface area contributed by atoms with Crippen molar-refractivity contribution in [1.29, 1.82) is 0 Å².